The molecule has 0 aliphatic carbocycles. The second-order valence-electron chi connectivity index (χ2n) is 3.93. The predicted octanol–water partition coefficient (Wildman–Crippen LogP) is 3.27. The van der Waals surface area contributed by atoms with Crippen molar-refractivity contribution in [2.75, 3.05) is 19.0 Å². The van der Waals surface area contributed by atoms with Crippen molar-refractivity contribution in [3.63, 3.8) is 0 Å². The topological polar surface area (TPSA) is 39.1 Å². The summed E-state index contributed by atoms with van der Waals surface area (Å²) in [4.78, 5) is 4.33. The Labute approximate surface area is 121 Å². The molecule has 5 heteroatoms. The Hall–Kier alpha value is -1.08. The van der Waals surface area contributed by atoms with Gasteiger partial charge in [0.2, 0.25) is 5.95 Å². The summed E-state index contributed by atoms with van der Waals surface area (Å²) in [5, 5.41) is 3.33. The molecule has 2 aromatic rings. The maximum atomic E-state index is 5.06. The number of halogens is 1. The van der Waals surface area contributed by atoms with E-state index in [-0.39, 0.29) is 0 Å². The van der Waals surface area contributed by atoms with Crippen LogP contribution in [0, 0.1) is 3.57 Å². The Morgan fingerprint density at radius 2 is 2.33 bits per heavy atom. The van der Waals surface area contributed by atoms with Crippen LogP contribution in [0.2, 0.25) is 0 Å². The first-order valence-corrected chi connectivity index (χ1v) is 6.90. The van der Waals surface area contributed by atoms with Gasteiger partial charge in [-0.25, -0.2) is 4.98 Å². The van der Waals surface area contributed by atoms with E-state index < -0.39 is 0 Å². The summed E-state index contributed by atoms with van der Waals surface area (Å²) < 4.78 is 8.36. The van der Waals surface area contributed by atoms with Gasteiger partial charge in [0.05, 0.1) is 0 Å². The van der Waals surface area contributed by atoms with E-state index in [2.05, 4.69) is 49.6 Å². The standard InChI is InChI=1S/C13H16IN3O/c1-18-9-3-7-17-8-6-15-13(17)16-12-5-2-4-11(14)10-12/h2,4-6,8,10H,3,7,9H2,1H3,(H,15,16). The van der Waals surface area contributed by atoms with Crippen molar-refractivity contribution in [3.05, 3.63) is 40.2 Å². The minimum Gasteiger partial charge on any atom is -0.385 e. The van der Waals surface area contributed by atoms with Gasteiger partial charge >= 0.3 is 0 Å². The molecular weight excluding hydrogens is 341 g/mol. The SMILES string of the molecule is COCCCn1ccnc1Nc1cccc(I)c1. The number of anilines is 2. The smallest absolute Gasteiger partial charge is 0.207 e. The quantitative estimate of drug-likeness (QED) is 0.637. The molecule has 0 spiro atoms. The van der Waals surface area contributed by atoms with Gasteiger partial charge in [-0.2, -0.15) is 0 Å². The van der Waals surface area contributed by atoms with E-state index in [1.807, 2.05) is 24.5 Å². The number of rotatable bonds is 6. The number of nitrogens with one attached hydrogen (secondary N) is 1. The minimum atomic E-state index is 0.765. The van der Waals surface area contributed by atoms with E-state index in [4.69, 9.17) is 4.74 Å². The Morgan fingerprint density at radius 1 is 1.44 bits per heavy atom. The molecule has 96 valence electrons. The first kappa shape index (κ1) is 13.4. The highest BCUT2D eigenvalue weighted by molar-refractivity contribution is 14.1. The second kappa shape index (κ2) is 6.75. The van der Waals surface area contributed by atoms with Gasteiger partial charge in [-0.1, -0.05) is 6.07 Å². The predicted molar refractivity (Wildman–Crippen MR) is 81.2 cm³/mol. The fourth-order valence-corrected chi connectivity index (χ4v) is 2.23. The fraction of sp³-hybridized carbons (Fsp3) is 0.308. The molecule has 0 radical (unpaired) electrons. The second-order valence-corrected chi connectivity index (χ2v) is 5.17. The highest BCUT2D eigenvalue weighted by Gasteiger charge is 2.03. The number of ether oxygens (including phenoxy) is 1. The summed E-state index contributed by atoms with van der Waals surface area (Å²) in [5.74, 6) is 0.869. The summed E-state index contributed by atoms with van der Waals surface area (Å²) in [7, 11) is 1.72. The number of benzene rings is 1. The Kier molecular flexibility index (Phi) is 5.00. The van der Waals surface area contributed by atoms with Gasteiger partial charge in [0.15, 0.2) is 0 Å². The molecular formula is C13H16IN3O. The van der Waals surface area contributed by atoms with Crippen LogP contribution in [0.5, 0.6) is 0 Å². The van der Waals surface area contributed by atoms with Gasteiger partial charge in [0, 0.05) is 41.9 Å². The molecule has 4 nitrogen and oxygen atoms in total. The van der Waals surface area contributed by atoms with Crippen LogP contribution in [-0.4, -0.2) is 23.3 Å². The Balaban J connectivity index is 2.03. The lowest BCUT2D eigenvalue weighted by Gasteiger charge is -2.09. The number of aryl methyl sites for hydroxylation is 1. The number of imidazole rings is 1. The summed E-state index contributed by atoms with van der Waals surface area (Å²) >= 11 is 2.30. The zero-order valence-electron chi connectivity index (χ0n) is 10.3. The number of aromatic nitrogens is 2. The molecule has 0 aliphatic heterocycles. The van der Waals surface area contributed by atoms with Crippen LogP contribution in [0.1, 0.15) is 6.42 Å². The highest BCUT2D eigenvalue weighted by atomic mass is 127. The molecule has 1 N–H and O–H groups in total. The average molecular weight is 357 g/mol. The molecule has 0 fully saturated rings. The first-order valence-electron chi connectivity index (χ1n) is 5.82. The average Bonchev–Trinajstić information content (AvgIpc) is 2.77. The summed E-state index contributed by atoms with van der Waals surface area (Å²) in [5.41, 5.74) is 1.06. The summed E-state index contributed by atoms with van der Waals surface area (Å²) in [6.45, 7) is 1.67. The third-order valence-electron chi connectivity index (χ3n) is 2.54. The summed E-state index contributed by atoms with van der Waals surface area (Å²) in [6.07, 6.45) is 4.77. The number of methoxy groups -OCH3 is 1. The normalized spacial score (nSPS) is 10.6. The summed E-state index contributed by atoms with van der Waals surface area (Å²) in [6, 6.07) is 8.23. The van der Waals surface area contributed by atoms with Crippen molar-refractivity contribution in [2.45, 2.75) is 13.0 Å². The molecule has 0 atom stereocenters. The maximum Gasteiger partial charge on any atom is 0.207 e. The van der Waals surface area contributed by atoms with E-state index in [0.29, 0.717) is 0 Å². The van der Waals surface area contributed by atoms with Crippen LogP contribution in [0.4, 0.5) is 11.6 Å². The lowest BCUT2D eigenvalue weighted by Crippen LogP contribution is -2.05. The third-order valence-corrected chi connectivity index (χ3v) is 3.21. The lowest BCUT2D eigenvalue weighted by atomic mass is 10.3. The van der Waals surface area contributed by atoms with E-state index in [1.165, 1.54) is 3.57 Å². The van der Waals surface area contributed by atoms with Crippen molar-refractivity contribution < 1.29 is 4.74 Å². The van der Waals surface area contributed by atoms with Gasteiger partial charge in [0.1, 0.15) is 0 Å². The van der Waals surface area contributed by atoms with Crippen LogP contribution in [-0.2, 0) is 11.3 Å². The zero-order chi connectivity index (χ0) is 12.8. The number of hydrogen-bond acceptors (Lipinski definition) is 3. The van der Waals surface area contributed by atoms with Crippen molar-refractivity contribution in [1.29, 1.82) is 0 Å². The van der Waals surface area contributed by atoms with Gasteiger partial charge in [-0.05, 0) is 47.2 Å². The van der Waals surface area contributed by atoms with E-state index >= 15 is 0 Å². The largest absolute Gasteiger partial charge is 0.385 e. The monoisotopic (exact) mass is 357 g/mol. The highest BCUT2D eigenvalue weighted by Crippen LogP contribution is 2.17. The van der Waals surface area contributed by atoms with Crippen LogP contribution in [0.25, 0.3) is 0 Å². The van der Waals surface area contributed by atoms with Crippen LogP contribution in [0.15, 0.2) is 36.7 Å². The van der Waals surface area contributed by atoms with Crippen molar-refractivity contribution in [3.8, 4) is 0 Å². The number of nitrogens with zero attached hydrogens (tertiary/aromatic N) is 2. The van der Waals surface area contributed by atoms with Crippen LogP contribution >= 0.6 is 22.6 Å². The molecule has 18 heavy (non-hydrogen) atoms. The zero-order valence-corrected chi connectivity index (χ0v) is 12.4. The lowest BCUT2D eigenvalue weighted by molar-refractivity contribution is 0.190. The van der Waals surface area contributed by atoms with Crippen LogP contribution in [0.3, 0.4) is 0 Å². The molecule has 0 aliphatic rings. The van der Waals surface area contributed by atoms with Gasteiger partial charge in [0.25, 0.3) is 0 Å². The molecule has 0 unspecified atom stereocenters. The molecule has 1 aromatic carbocycles. The first-order chi connectivity index (χ1) is 8.79. The van der Waals surface area contributed by atoms with Gasteiger partial charge in [-0.15, -0.1) is 0 Å². The van der Waals surface area contributed by atoms with Crippen molar-refractivity contribution >= 4 is 34.2 Å². The molecule has 1 aromatic heterocycles. The molecule has 0 saturated heterocycles. The van der Waals surface area contributed by atoms with Crippen LogP contribution < -0.4 is 5.32 Å². The number of hydrogen-bond donors (Lipinski definition) is 1. The minimum absolute atomic E-state index is 0.765. The molecule has 0 amide bonds. The van der Waals surface area contributed by atoms with Crippen molar-refractivity contribution in [2.24, 2.45) is 0 Å². The Bertz CT molecular complexity index is 498. The molecule has 1 heterocycles. The van der Waals surface area contributed by atoms with Gasteiger partial charge < -0.3 is 14.6 Å². The Morgan fingerprint density at radius 3 is 3.11 bits per heavy atom. The maximum absolute atomic E-state index is 5.06. The van der Waals surface area contributed by atoms with E-state index in [9.17, 15) is 0 Å². The third kappa shape index (κ3) is 3.71. The molecule has 0 saturated carbocycles. The van der Waals surface area contributed by atoms with Crippen molar-refractivity contribution in [1.82, 2.24) is 9.55 Å². The van der Waals surface area contributed by atoms with E-state index in [0.717, 1.165) is 31.2 Å². The van der Waals surface area contributed by atoms with Gasteiger partial charge in [-0.3, -0.25) is 0 Å². The molecule has 0 bridgehead atoms. The molecule has 2 rings (SSSR count). The van der Waals surface area contributed by atoms with E-state index in [1.54, 1.807) is 7.11 Å². The fourth-order valence-electron chi connectivity index (χ4n) is 1.69.